The maximum Gasteiger partial charge on any atom is 0.270 e. The monoisotopic (exact) mass is 260 g/mol. The van der Waals surface area contributed by atoms with Crippen molar-refractivity contribution in [3.8, 4) is 0 Å². The van der Waals surface area contributed by atoms with E-state index >= 15 is 0 Å². The molecule has 0 heterocycles. The first-order chi connectivity index (χ1) is 9.15. The number of benzene rings is 1. The fraction of sp³-hybridized carbons (Fsp3) is 0.500. The summed E-state index contributed by atoms with van der Waals surface area (Å²) in [6.45, 7) is 0. The number of nitro groups is 1. The van der Waals surface area contributed by atoms with Crippen LogP contribution in [0.25, 0.3) is 0 Å². The molecule has 2 saturated carbocycles. The Kier molecular flexibility index (Phi) is 2.97. The van der Waals surface area contributed by atoms with E-state index in [0.717, 1.165) is 0 Å². The van der Waals surface area contributed by atoms with Gasteiger partial charge < -0.3 is 5.32 Å². The number of amides is 1. The fourth-order valence-electron chi connectivity index (χ4n) is 2.53. The Morgan fingerprint density at radius 1 is 1.26 bits per heavy atom. The zero-order valence-electron chi connectivity index (χ0n) is 10.5. The van der Waals surface area contributed by atoms with Gasteiger partial charge in [0, 0.05) is 23.7 Å². The maximum atomic E-state index is 12.2. The van der Waals surface area contributed by atoms with Crippen LogP contribution in [0.5, 0.6) is 0 Å². The van der Waals surface area contributed by atoms with Crippen molar-refractivity contribution >= 4 is 11.6 Å². The zero-order valence-corrected chi connectivity index (χ0v) is 10.5. The first-order valence-corrected chi connectivity index (χ1v) is 6.70. The van der Waals surface area contributed by atoms with Gasteiger partial charge in [0.1, 0.15) is 0 Å². The molecule has 0 unspecified atom stereocenters. The third-order valence-electron chi connectivity index (χ3n) is 3.88. The summed E-state index contributed by atoms with van der Waals surface area (Å²) in [5, 5.41) is 13.8. The highest BCUT2D eigenvalue weighted by Gasteiger charge is 2.42. The van der Waals surface area contributed by atoms with Crippen LogP contribution in [-0.2, 0) is 0 Å². The number of carbonyl (C=O) groups excluding carboxylic acids is 1. The van der Waals surface area contributed by atoms with Crippen LogP contribution >= 0.6 is 0 Å². The van der Waals surface area contributed by atoms with Crippen molar-refractivity contribution in [2.75, 3.05) is 0 Å². The van der Waals surface area contributed by atoms with Crippen LogP contribution < -0.4 is 5.32 Å². The van der Waals surface area contributed by atoms with Crippen molar-refractivity contribution in [1.82, 2.24) is 5.32 Å². The van der Waals surface area contributed by atoms with Crippen molar-refractivity contribution in [2.24, 2.45) is 11.8 Å². The third kappa shape index (κ3) is 2.75. The van der Waals surface area contributed by atoms with Crippen molar-refractivity contribution in [1.29, 1.82) is 0 Å². The number of rotatable bonds is 5. The maximum absolute atomic E-state index is 12.2. The molecule has 0 atom stereocenters. The molecule has 0 radical (unpaired) electrons. The first kappa shape index (κ1) is 12.1. The van der Waals surface area contributed by atoms with Crippen LogP contribution in [0.4, 0.5) is 5.69 Å². The fourth-order valence-corrected chi connectivity index (χ4v) is 2.53. The quantitative estimate of drug-likeness (QED) is 0.653. The van der Waals surface area contributed by atoms with E-state index in [9.17, 15) is 14.9 Å². The Balaban J connectivity index is 1.72. The van der Waals surface area contributed by atoms with Crippen molar-refractivity contribution in [3.05, 3.63) is 39.9 Å². The van der Waals surface area contributed by atoms with Crippen LogP contribution in [0.2, 0.25) is 0 Å². The molecule has 2 fully saturated rings. The number of hydrogen-bond donors (Lipinski definition) is 1. The molecule has 0 spiro atoms. The van der Waals surface area contributed by atoms with E-state index in [1.54, 1.807) is 12.1 Å². The minimum atomic E-state index is -0.476. The second kappa shape index (κ2) is 4.64. The normalized spacial score (nSPS) is 18.4. The molecule has 5 heteroatoms. The van der Waals surface area contributed by atoms with Gasteiger partial charge in [0.15, 0.2) is 0 Å². The lowest BCUT2D eigenvalue weighted by Gasteiger charge is -2.17. The average Bonchev–Trinajstić information content (AvgIpc) is 3.29. The lowest BCUT2D eigenvalue weighted by molar-refractivity contribution is -0.384. The number of nitro benzene ring substituents is 1. The summed E-state index contributed by atoms with van der Waals surface area (Å²) in [5.41, 5.74) is 0.336. The van der Waals surface area contributed by atoms with Crippen LogP contribution in [0, 0.1) is 22.0 Å². The molecule has 5 nitrogen and oxygen atoms in total. The molecule has 2 aliphatic carbocycles. The Morgan fingerprint density at radius 3 is 2.42 bits per heavy atom. The van der Waals surface area contributed by atoms with E-state index in [-0.39, 0.29) is 17.6 Å². The van der Waals surface area contributed by atoms with Crippen LogP contribution in [0.3, 0.4) is 0 Å². The molecular weight excluding hydrogens is 244 g/mol. The number of nitrogens with zero attached hydrogens (tertiary/aromatic N) is 1. The van der Waals surface area contributed by atoms with Crippen LogP contribution in [0.1, 0.15) is 36.0 Å². The highest BCUT2D eigenvalue weighted by Crippen LogP contribution is 2.44. The molecule has 1 aromatic carbocycles. The topological polar surface area (TPSA) is 72.2 Å². The van der Waals surface area contributed by atoms with Crippen molar-refractivity contribution in [2.45, 2.75) is 31.7 Å². The number of hydrogen-bond acceptors (Lipinski definition) is 3. The first-order valence-electron chi connectivity index (χ1n) is 6.70. The molecule has 3 rings (SSSR count). The van der Waals surface area contributed by atoms with E-state index in [1.807, 2.05) is 0 Å². The van der Waals surface area contributed by atoms with Crippen molar-refractivity contribution in [3.63, 3.8) is 0 Å². The second-order valence-electron chi connectivity index (χ2n) is 5.48. The van der Waals surface area contributed by atoms with Gasteiger partial charge in [-0.1, -0.05) is 6.07 Å². The van der Waals surface area contributed by atoms with Gasteiger partial charge >= 0.3 is 0 Å². The summed E-state index contributed by atoms with van der Waals surface area (Å²) in [6.07, 6.45) is 4.76. The van der Waals surface area contributed by atoms with Crippen LogP contribution in [-0.4, -0.2) is 16.9 Å². The number of carbonyl (C=O) groups is 1. The van der Waals surface area contributed by atoms with Gasteiger partial charge in [0.25, 0.3) is 11.6 Å². The van der Waals surface area contributed by atoms with E-state index < -0.39 is 4.92 Å². The molecule has 19 heavy (non-hydrogen) atoms. The summed E-state index contributed by atoms with van der Waals surface area (Å²) < 4.78 is 0. The van der Waals surface area contributed by atoms with Crippen molar-refractivity contribution < 1.29 is 9.72 Å². The van der Waals surface area contributed by atoms with Gasteiger partial charge in [-0.15, -0.1) is 0 Å². The standard InChI is InChI=1S/C14H16N2O3/c17-14(11-2-1-3-12(8-11)16(18)19)15-13(9-4-5-9)10-6-7-10/h1-3,8-10,13H,4-7H2,(H,15,17). The molecule has 0 aliphatic heterocycles. The highest BCUT2D eigenvalue weighted by molar-refractivity contribution is 5.95. The molecule has 0 bridgehead atoms. The molecule has 2 aliphatic rings. The molecule has 1 amide bonds. The summed E-state index contributed by atoms with van der Waals surface area (Å²) in [4.78, 5) is 22.4. The summed E-state index contributed by atoms with van der Waals surface area (Å²) in [6, 6.07) is 6.18. The van der Waals surface area contributed by atoms with Gasteiger partial charge in [-0.25, -0.2) is 0 Å². The highest BCUT2D eigenvalue weighted by atomic mass is 16.6. The Labute approximate surface area is 111 Å². The third-order valence-corrected chi connectivity index (χ3v) is 3.88. The van der Waals surface area contributed by atoms with E-state index in [4.69, 9.17) is 0 Å². The lowest BCUT2D eigenvalue weighted by Crippen LogP contribution is -2.38. The Hall–Kier alpha value is -1.91. The van der Waals surface area contributed by atoms with Gasteiger partial charge in [-0.3, -0.25) is 14.9 Å². The smallest absolute Gasteiger partial charge is 0.270 e. The summed E-state index contributed by atoms with van der Waals surface area (Å²) in [5.74, 6) is 1.05. The molecule has 1 aromatic rings. The van der Waals surface area contributed by atoms with Gasteiger partial charge in [-0.05, 0) is 43.6 Å². The largest absolute Gasteiger partial charge is 0.349 e. The van der Waals surface area contributed by atoms with Gasteiger partial charge in [-0.2, -0.15) is 0 Å². The number of nitrogens with one attached hydrogen (secondary N) is 1. The van der Waals surface area contributed by atoms with Gasteiger partial charge in [0.2, 0.25) is 0 Å². The Morgan fingerprint density at radius 2 is 1.89 bits per heavy atom. The lowest BCUT2D eigenvalue weighted by atomic mass is 10.1. The minimum absolute atomic E-state index is 0.0398. The molecule has 0 aromatic heterocycles. The predicted octanol–water partition coefficient (Wildman–Crippen LogP) is 2.51. The molecule has 0 saturated heterocycles. The molecule has 1 N–H and O–H groups in total. The Bertz CT molecular complexity index is 509. The summed E-state index contributed by atoms with van der Waals surface area (Å²) in [7, 11) is 0. The minimum Gasteiger partial charge on any atom is -0.349 e. The molecular formula is C14H16N2O3. The van der Waals surface area contributed by atoms with E-state index in [1.165, 1.54) is 37.8 Å². The second-order valence-corrected chi connectivity index (χ2v) is 5.48. The average molecular weight is 260 g/mol. The summed E-state index contributed by atoms with van der Waals surface area (Å²) >= 11 is 0. The predicted molar refractivity (Wildman–Crippen MR) is 69.8 cm³/mol. The molecule has 100 valence electrons. The van der Waals surface area contributed by atoms with Gasteiger partial charge in [0.05, 0.1) is 4.92 Å². The SMILES string of the molecule is O=C(NC(C1CC1)C1CC1)c1cccc([N+](=O)[O-])c1. The van der Waals surface area contributed by atoms with Crippen LogP contribution in [0.15, 0.2) is 24.3 Å². The zero-order chi connectivity index (χ0) is 13.4. The van der Waals surface area contributed by atoms with E-state index in [0.29, 0.717) is 17.4 Å². The van der Waals surface area contributed by atoms with E-state index in [2.05, 4.69) is 5.32 Å². The number of non-ortho nitro benzene ring substituents is 1.